The molecule has 0 saturated heterocycles. The Morgan fingerprint density at radius 1 is 1.08 bits per heavy atom. The van der Waals surface area contributed by atoms with Crippen LogP contribution in [0.25, 0.3) is 11.3 Å². The molecule has 1 aromatic heterocycles. The van der Waals surface area contributed by atoms with E-state index < -0.39 is 0 Å². The Labute approximate surface area is 138 Å². The lowest BCUT2D eigenvalue weighted by molar-refractivity contribution is 0.415. The van der Waals surface area contributed by atoms with E-state index in [1.165, 1.54) is 0 Å². The number of phenolic OH excluding ortho intramolecular Hbond substituents is 1. The number of methoxy groups -OCH3 is 1. The minimum Gasteiger partial charge on any atom is -0.508 e. The summed E-state index contributed by atoms with van der Waals surface area (Å²) in [6.45, 7) is 0. The molecule has 0 aliphatic rings. The molecule has 0 radical (unpaired) electrons. The van der Waals surface area contributed by atoms with Crippen molar-refractivity contribution in [2.24, 2.45) is 5.10 Å². The van der Waals surface area contributed by atoms with E-state index in [2.05, 4.69) is 25.7 Å². The summed E-state index contributed by atoms with van der Waals surface area (Å²) in [6, 6.07) is 14.2. The van der Waals surface area contributed by atoms with E-state index in [1.54, 1.807) is 43.8 Å². The summed E-state index contributed by atoms with van der Waals surface area (Å²) in [5.74, 6) is 1.27. The molecule has 7 nitrogen and oxygen atoms in total. The highest BCUT2D eigenvalue weighted by Crippen LogP contribution is 2.20. The highest BCUT2D eigenvalue weighted by atomic mass is 16.5. The molecule has 2 N–H and O–H groups in total. The minimum atomic E-state index is 0.208. The third-order valence-corrected chi connectivity index (χ3v) is 3.22. The summed E-state index contributed by atoms with van der Waals surface area (Å²) in [5, 5.41) is 21.1. The molecule has 0 unspecified atom stereocenters. The molecule has 0 fully saturated rings. The molecule has 0 bridgehead atoms. The number of hydrogen-bond donors (Lipinski definition) is 2. The first-order chi connectivity index (χ1) is 11.7. The van der Waals surface area contributed by atoms with Crippen molar-refractivity contribution in [1.29, 1.82) is 0 Å². The van der Waals surface area contributed by atoms with Gasteiger partial charge in [0.05, 0.1) is 25.2 Å². The number of benzene rings is 2. The van der Waals surface area contributed by atoms with E-state index in [-0.39, 0.29) is 5.75 Å². The standard InChI is InChI=1S/C17H15N5O2/c1-24-15-8-4-13(5-9-15)16-11-19-22-17(20-16)21-18-10-12-2-6-14(23)7-3-12/h2-11,23H,1H3,(H,20,21,22)/b18-10+. The van der Waals surface area contributed by atoms with Crippen LogP contribution in [-0.4, -0.2) is 33.6 Å². The summed E-state index contributed by atoms with van der Waals surface area (Å²) in [6.07, 6.45) is 3.18. The number of aromatic nitrogens is 3. The highest BCUT2D eigenvalue weighted by molar-refractivity contribution is 5.80. The van der Waals surface area contributed by atoms with Gasteiger partial charge in [-0.2, -0.15) is 10.2 Å². The van der Waals surface area contributed by atoms with Gasteiger partial charge in [-0.1, -0.05) is 0 Å². The maximum atomic E-state index is 9.24. The van der Waals surface area contributed by atoms with Crippen molar-refractivity contribution < 1.29 is 9.84 Å². The largest absolute Gasteiger partial charge is 0.508 e. The second kappa shape index (κ2) is 7.19. The zero-order valence-electron chi connectivity index (χ0n) is 12.9. The van der Waals surface area contributed by atoms with Crippen LogP contribution in [0.2, 0.25) is 0 Å². The highest BCUT2D eigenvalue weighted by Gasteiger charge is 2.03. The van der Waals surface area contributed by atoms with Gasteiger partial charge in [-0.25, -0.2) is 10.4 Å². The number of anilines is 1. The molecule has 7 heteroatoms. The van der Waals surface area contributed by atoms with Gasteiger partial charge in [0.2, 0.25) is 0 Å². The molecule has 0 atom stereocenters. The van der Waals surface area contributed by atoms with Crippen LogP contribution < -0.4 is 10.2 Å². The average Bonchev–Trinajstić information content (AvgIpc) is 2.64. The van der Waals surface area contributed by atoms with E-state index in [1.807, 2.05) is 24.3 Å². The Balaban J connectivity index is 1.71. The van der Waals surface area contributed by atoms with Crippen LogP contribution in [-0.2, 0) is 0 Å². The molecule has 24 heavy (non-hydrogen) atoms. The van der Waals surface area contributed by atoms with Crippen LogP contribution in [0.3, 0.4) is 0 Å². The summed E-state index contributed by atoms with van der Waals surface area (Å²) in [5.41, 5.74) is 5.15. The molecule has 2 aromatic carbocycles. The normalized spacial score (nSPS) is 10.7. The number of rotatable bonds is 5. The van der Waals surface area contributed by atoms with Gasteiger partial charge in [-0.3, -0.25) is 0 Å². The van der Waals surface area contributed by atoms with E-state index in [4.69, 9.17) is 4.74 Å². The topological polar surface area (TPSA) is 92.5 Å². The first kappa shape index (κ1) is 15.4. The number of nitrogens with one attached hydrogen (secondary N) is 1. The predicted molar refractivity (Wildman–Crippen MR) is 91.1 cm³/mol. The summed E-state index contributed by atoms with van der Waals surface area (Å²) in [4.78, 5) is 4.36. The molecule has 3 aromatic rings. The number of ether oxygens (including phenoxy) is 1. The van der Waals surface area contributed by atoms with Crippen molar-refractivity contribution in [2.75, 3.05) is 12.5 Å². The van der Waals surface area contributed by atoms with E-state index >= 15 is 0 Å². The van der Waals surface area contributed by atoms with Gasteiger partial charge in [0, 0.05) is 5.56 Å². The van der Waals surface area contributed by atoms with Crippen molar-refractivity contribution >= 4 is 12.2 Å². The number of aromatic hydroxyl groups is 1. The average molecular weight is 321 g/mol. The van der Waals surface area contributed by atoms with Crippen LogP contribution in [0.1, 0.15) is 5.56 Å². The van der Waals surface area contributed by atoms with Gasteiger partial charge in [-0.15, -0.1) is 5.10 Å². The van der Waals surface area contributed by atoms with Gasteiger partial charge in [0.1, 0.15) is 11.5 Å². The third-order valence-electron chi connectivity index (χ3n) is 3.22. The molecule has 0 amide bonds. The van der Waals surface area contributed by atoms with Crippen LogP contribution in [0.4, 0.5) is 5.95 Å². The van der Waals surface area contributed by atoms with Crippen molar-refractivity contribution in [3.8, 4) is 22.8 Å². The zero-order chi connectivity index (χ0) is 16.8. The summed E-state index contributed by atoms with van der Waals surface area (Å²) < 4.78 is 5.14. The van der Waals surface area contributed by atoms with Crippen LogP contribution >= 0.6 is 0 Å². The van der Waals surface area contributed by atoms with Crippen molar-refractivity contribution in [3.05, 3.63) is 60.3 Å². The van der Waals surface area contributed by atoms with Crippen LogP contribution in [0.5, 0.6) is 11.5 Å². The SMILES string of the molecule is COc1ccc(-c2cnnc(N/N=C/c3ccc(O)cc3)n2)cc1. The summed E-state index contributed by atoms with van der Waals surface area (Å²) >= 11 is 0. The number of hydrazone groups is 1. The van der Waals surface area contributed by atoms with Crippen molar-refractivity contribution in [1.82, 2.24) is 15.2 Å². The number of nitrogens with zero attached hydrogens (tertiary/aromatic N) is 4. The molecule has 0 aliphatic heterocycles. The predicted octanol–water partition coefficient (Wildman–Crippen LogP) is 2.70. The second-order valence-corrected chi connectivity index (χ2v) is 4.86. The fraction of sp³-hybridized carbons (Fsp3) is 0.0588. The molecule has 120 valence electrons. The molecule has 1 heterocycles. The lowest BCUT2D eigenvalue weighted by Crippen LogP contribution is -2.00. The van der Waals surface area contributed by atoms with Gasteiger partial charge in [-0.05, 0) is 54.1 Å². The smallest absolute Gasteiger partial charge is 0.263 e. The fourth-order valence-electron chi connectivity index (χ4n) is 1.98. The minimum absolute atomic E-state index is 0.208. The molecular formula is C17H15N5O2. The molecule has 0 aliphatic carbocycles. The maximum absolute atomic E-state index is 9.24. The molecular weight excluding hydrogens is 306 g/mol. The van der Waals surface area contributed by atoms with E-state index in [0.29, 0.717) is 11.6 Å². The maximum Gasteiger partial charge on any atom is 0.263 e. The van der Waals surface area contributed by atoms with E-state index in [9.17, 15) is 5.11 Å². The van der Waals surface area contributed by atoms with Crippen LogP contribution in [0.15, 0.2) is 59.8 Å². The lowest BCUT2D eigenvalue weighted by atomic mass is 10.1. The van der Waals surface area contributed by atoms with Gasteiger partial charge < -0.3 is 9.84 Å². The molecule has 0 spiro atoms. The first-order valence-electron chi connectivity index (χ1n) is 7.17. The number of hydrogen-bond acceptors (Lipinski definition) is 7. The Morgan fingerprint density at radius 3 is 2.54 bits per heavy atom. The third kappa shape index (κ3) is 3.83. The van der Waals surface area contributed by atoms with Crippen molar-refractivity contribution in [2.45, 2.75) is 0 Å². The molecule has 3 rings (SSSR count). The molecule has 0 saturated carbocycles. The zero-order valence-corrected chi connectivity index (χ0v) is 12.9. The van der Waals surface area contributed by atoms with Gasteiger partial charge >= 0.3 is 0 Å². The van der Waals surface area contributed by atoms with Gasteiger partial charge in [0.15, 0.2) is 0 Å². The second-order valence-electron chi connectivity index (χ2n) is 4.86. The Kier molecular flexibility index (Phi) is 4.62. The van der Waals surface area contributed by atoms with Crippen LogP contribution in [0, 0.1) is 0 Å². The lowest BCUT2D eigenvalue weighted by Gasteiger charge is -2.04. The van der Waals surface area contributed by atoms with Crippen molar-refractivity contribution in [3.63, 3.8) is 0 Å². The Hall–Kier alpha value is -3.48. The monoisotopic (exact) mass is 321 g/mol. The fourth-order valence-corrected chi connectivity index (χ4v) is 1.98. The first-order valence-corrected chi connectivity index (χ1v) is 7.17. The quantitative estimate of drug-likeness (QED) is 0.554. The Morgan fingerprint density at radius 2 is 1.83 bits per heavy atom. The summed E-state index contributed by atoms with van der Waals surface area (Å²) in [7, 11) is 1.62. The van der Waals surface area contributed by atoms with Gasteiger partial charge in [0.25, 0.3) is 5.95 Å². The van der Waals surface area contributed by atoms with E-state index in [0.717, 1.165) is 16.9 Å². The number of phenols is 1. The Bertz CT molecular complexity index is 832.